The third-order valence-electron chi connectivity index (χ3n) is 1.54. The van der Waals surface area contributed by atoms with Gasteiger partial charge in [-0.25, -0.2) is 4.98 Å². The Labute approximate surface area is 84.5 Å². The normalized spacial score (nSPS) is 10.2. The molecule has 0 aromatic carbocycles. The van der Waals surface area contributed by atoms with Crippen LogP contribution in [0.2, 0.25) is 0 Å². The second-order valence-electron chi connectivity index (χ2n) is 2.55. The summed E-state index contributed by atoms with van der Waals surface area (Å²) in [5.74, 6) is 0. The molecule has 0 amide bonds. The zero-order valence-electron chi connectivity index (χ0n) is 6.94. The number of hydrogen-bond acceptors (Lipinski definition) is 4. The van der Waals surface area contributed by atoms with E-state index in [0.29, 0.717) is 4.64 Å². The Morgan fingerprint density at radius 2 is 2.23 bits per heavy atom. The number of hydrogen-bond donors (Lipinski definition) is 1. The van der Waals surface area contributed by atoms with Gasteiger partial charge < -0.3 is 4.98 Å². The van der Waals surface area contributed by atoms with Crippen molar-refractivity contribution in [1.29, 1.82) is 0 Å². The third kappa shape index (κ3) is 1.81. The molecule has 0 radical (unpaired) electrons. The van der Waals surface area contributed by atoms with E-state index < -0.39 is 0 Å². The standard InChI is InChI=1S/C8H7N3S2/c1-5-10-3-7(13-5)6-2-9-4-8(12)11-6/h2-4H,1H3,(H,11,12). The van der Waals surface area contributed by atoms with Crippen LogP contribution in [-0.2, 0) is 0 Å². The van der Waals surface area contributed by atoms with Gasteiger partial charge in [0.2, 0.25) is 0 Å². The predicted octanol–water partition coefficient (Wildman–Crippen LogP) is 2.57. The molecule has 0 unspecified atom stereocenters. The highest BCUT2D eigenvalue weighted by atomic mass is 32.1. The number of thiazole rings is 1. The van der Waals surface area contributed by atoms with Crippen LogP contribution >= 0.6 is 23.6 Å². The molecule has 0 aliphatic carbocycles. The van der Waals surface area contributed by atoms with Crippen LogP contribution in [0.25, 0.3) is 10.6 Å². The summed E-state index contributed by atoms with van der Waals surface area (Å²) in [5.41, 5.74) is 0.929. The Balaban J connectivity index is 2.52. The van der Waals surface area contributed by atoms with Crippen LogP contribution in [0.15, 0.2) is 18.6 Å². The van der Waals surface area contributed by atoms with E-state index in [-0.39, 0.29) is 0 Å². The molecule has 66 valence electrons. The number of nitrogens with zero attached hydrogens (tertiary/aromatic N) is 2. The van der Waals surface area contributed by atoms with Gasteiger partial charge in [0.15, 0.2) is 0 Å². The van der Waals surface area contributed by atoms with Crippen LogP contribution in [-0.4, -0.2) is 15.0 Å². The van der Waals surface area contributed by atoms with Gasteiger partial charge >= 0.3 is 0 Å². The van der Waals surface area contributed by atoms with Crippen molar-refractivity contribution in [3.8, 4) is 10.6 Å². The van der Waals surface area contributed by atoms with Gasteiger partial charge in [-0.1, -0.05) is 12.2 Å². The minimum atomic E-state index is 0.642. The van der Waals surface area contributed by atoms with Crippen LogP contribution < -0.4 is 0 Å². The number of aryl methyl sites for hydroxylation is 1. The second kappa shape index (κ2) is 3.35. The van der Waals surface area contributed by atoms with Crippen LogP contribution in [0.4, 0.5) is 0 Å². The lowest BCUT2D eigenvalue weighted by molar-refractivity contribution is 1.19. The molecule has 0 saturated carbocycles. The van der Waals surface area contributed by atoms with Gasteiger partial charge in [0, 0.05) is 6.20 Å². The first kappa shape index (κ1) is 8.52. The van der Waals surface area contributed by atoms with E-state index in [2.05, 4.69) is 15.0 Å². The van der Waals surface area contributed by atoms with Gasteiger partial charge in [0.05, 0.1) is 28.0 Å². The fraction of sp³-hybridized carbons (Fsp3) is 0.125. The van der Waals surface area contributed by atoms with Crippen molar-refractivity contribution in [2.24, 2.45) is 0 Å². The molecule has 0 atom stereocenters. The van der Waals surface area contributed by atoms with Gasteiger partial charge in [-0.2, -0.15) is 0 Å². The van der Waals surface area contributed by atoms with Crippen LogP contribution in [0.5, 0.6) is 0 Å². The van der Waals surface area contributed by atoms with Gasteiger partial charge in [-0.15, -0.1) is 11.3 Å². The smallest absolute Gasteiger partial charge is 0.122 e. The van der Waals surface area contributed by atoms with Crippen molar-refractivity contribution in [3.05, 3.63) is 28.2 Å². The molecule has 2 heterocycles. The Kier molecular flexibility index (Phi) is 2.20. The van der Waals surface area contributed by atoms with E-state index in [9.17, 15) is 0 Å². The van der Waals surface area contributed by atoms with E-state index in [4.69, 9.17) is 12.2 Å². The van der Waals surface area contributed by atoms with E-state index in [1.54, 1.807) is 23.7 Å². The van der Waals surface area contributed by atoms with E-state index in [1.165, 1.54) is 0 Å². The molecule has 0 aliphatic rings. The number of H-pyrrole nitrogens is 1. The Morgan fingerprint density at radius 1 is 1.38 bits per heavy atom. The van der Waals surface area contributed by atoms with Gasteiger partial charge in [-0.05, 0) is 6.92 Å². The average molecular weight is 209 g/mol. The molecule has 0 saturated heterocycles. The highest BCUT2D eigenvalue weighted by Crippen LogP contribution is 2.22. The molecule has 1 N–H and O–H groups in total. The van der Waals surface area contributed by atoms with Crippen molar-refractivity contribution in [2.45, 2.75) is 6.92 Å². The third-order valence-corrected chi connectivity index (χ3v) is 2.69. The Morgan fingerprint density at radius 3 is 2.85 bits per heavy atom. The van der Waals surface area contributed by atoms with Crippen molar-refractivity contribution >= 4 is 23.6 Å². The zero-order chi connectivity index (χ0) is 9.26. The largest absolute Gasteiger partial charge is 0.343 e. The number of aromatic amines is 1. The molecule has 3 nitrogen and oxygen atoms in total. The molecule has 0 aliphatic heterocycles. The lowest BCUT2D eigenvalue weighted by Crippen LogP contribution is -1.82. The van der Waals surface area contributed by atoms with Gasteiger partial charge in [0.25, 0.3) is 0 Å². The van der Waals surface area contributed by atoms with E-state index >= 15 is 0 Å². The number of nitrogens with one attached hydrogen (secondary N) is 1. The van der Waals surface area contributed by atoms with E-state index in [1.807, 2.05) is 13.1 Å². The molecule has 0 fully saturated rings. The zero-order valence-corrected chi connectivity index (χ0v) is 8.58. The molecule has 5 heteroatoms. The summed E-state index contributed by atoms with van der Waals surface area (Å²) in [6.07, 6.45) is 5.19. The van der Waals surface area contributed by atoms with E-state index in [0.717, 1.165) is 15.6 Å². The Hall–Kier alpha value is -1.07. The summed E-state index contributed by atoms with van der Waals surface area (Å²) >= 11 is 6.59. The minimum Gasteiger partial charge on any atom is -0.343 e. The summed E-state index contributed by atoms with van der Waals surface area (Å²) < 4.78 is 0.642. The second-order valence-corrected chi connectivity index (χ2v) is 4.23. The summed E-state index contributed by atoms with van der Waals surface area (Å²) in [7, 11) is 0. The minimum absolute atomic E-state index is 0.642. The molecule has 0 bridgehead atoms. The van der Waals surface area contributed by atoms with Crippen molar-refractivity contribution < 1.29 is 0 Å². The summed E-state index contributed by atoms with van der Waals surface area (Å²) in [5, 5.41) is 1.04. The maximum Gasteiger partial charge on any atom is 0.122 e. The maximum atomic E-state index is 4.97. The molecule has 2 rings (SSSR count). The molecule has 2 aromatic rings. The van der Waals surface area contributed by atoms with Crippen LogP contribution in [0.3, 0.4) is 0 Å². The Bertz CT molecular complexity index is 472. The van der Waals surface area contributed by atoms with Crippen LogP contribution in [0, 0.1) is 11.6 Å². The lowest BCUT2D eigenvalue weighted by Gasteiger charge is -1.94. The monoisotopic (exact) mass is 209 g/mol. The average Bonchev–Trinajstić information content (AvgIpc) is 2.52. The highest BCUT2D eigenvalue weighted by molar-refractivity contribution is 7.71. The maximum absolute atomic E-state index is 4.97. The van der Waals surface area contributed by atoms with Gasteiger partial charge in [-0.3, -0.25) is 4.98 Å². The molecule has 0 spiro atoms. The first-order valence-electron chi connectivity index (χ1n) is 3.73. The topological polar surface area (TPSA) is 41.6 Å². The number of aromatic nitrogens is 3. The fourth-order valence-corrected chi connectivity index (χ4v) is 1.90. The summed E-state index contributed by atoms with van der Waals surface area (Å²) in [6, 6.07) is 0. The predicted molar refractivity (Wildman–Crippen MR) is 55.3 cm³/mol. The van der Waals surface area contributed by atoms with Crippen molar-refractivity contribution in [2.75, 3.05) is 0 Å². The summed E-state index contributed by atoms with van der Waals surface area (Å²) in [4.78, 5) is 12.3. The SMILES string of the molecule is Cc1ncc(-c2cncc(=S)[nH]2)s1. The molecular weight excluding hydrogens is 202 g/mol. The van der Waals surface area contributed by atoms with Crippen molar-refractivity contribution in [1.82, 2.24) is 15.0 Å². The molecular formula is C8H7N3S2. The first-order chi connectivity index (χ1) is 6.25. The summed E-state index contributed by atoms with van der Waals surface area (Å²) in [6.45, 7) is 1.97. The van der Waals surface area contributed by atoms with Gasteiger partial charge in [0.1, 0.15) is 4.64 Å². The fourth-order valence-electron chi connectivity index (χ4n) is 0.988. The molecule has 13 heavy (non-hydrogen) atoms. The van der Waals surface area contributed by atoms with Crippen molar-refractivity contribution in [3.63, 3.8) is 0 Å². The first-order valence-corrected chi connectivity index (χ1v) is 4.95. The lowest BCUT2D eigenvalue weighted by atomic mass is 10.4. The molecule has 2 aromatic heterocycles. The highest BCUT2D eigenvalue weighted by Gasteiger charge is 2.01. The quantitative estimate of drug-likeness (QED) is 0.734. The number of rotatable bonds is 1. The van der Waals surface area contributed by atoms with Crippen LogP contribution in [0.1, 0.15) is 5.01 Å².